The summed E-state index contributed by atoms with van der Waals surface area (Å²) in [6, 6.07) is 0.589. The summed E-state index contributed by atoms with van der Waals surface area (Å²) in [5.74, 6) is 0. The van der Waals surface area contributed by atoms with Gasteiger partial charge in [0.15, 0.2) is 0 Å². The van der Waals surface area contributed by atoms with Crippen LogP contribution in [-0.4, -0.2) is 31.6 Å². The molecule has 0 rings (SSSR count). The Morgan fingerprint density at radius 2 is 1.93 bits per heavy atom. The van der Waals surface area contributed by atoms with Gasteiger partial charge in [-0.25, -0.2) is 0 Å². The van der Waals surface area contributed by atoms with E-state index in [4.69, 9.17) is 4.74 Å². The molecule has 14 heavy (non-hydrogen) atoms. The molecule has 0 aliphatic rings. The monoisotopic (exact) mass is 265 g/mol. The van der Waals surface area contributed by atoms with Gasteiger partial charge in [0.2, 0.25) is 0 Å². The lowest BCUT2D eigenvalue weighted by atomic mass is 10.2. The minimum atomic E-state index is 0.589. The Balaban J connectivity index is 3.02. The number of alkyl halides is 1. The molecule has 3 heteroatoms. The number of halogens is 1. The van der Waals surface area contributed by atoms with Crippen molar-refractivity contribution < 1.29 is 4.74 Å². The minimum absolute atomic E-state index is 0.589. The molecule has 0 fully saturated rings. The van der Waals surface area contributed by atoms with Crippen LogP contribution in [0.25, 0.3) is 0 Å². The van der Waals surface area contributed by atoms with E-state index in [0.717, 1.165) is 24.9 Å². The van der Waals surface area contributed by atoms with Crippen LogP contribution >= 0.6 is 15.9 Å². The first-order valence-electron chi connectivity index (χ1n) is 5.59. The lowest BCUT2D eigenvalue weighted by Crippen LogP contribution is -2.28. The Kier molecular flexibility index (Phi) is 11.8. The second-order valence-electron chi connectivity index (χ2n) is 3.74. The molecule has 0 saturated carbocycles. The van der Waals surface area contributed by atoms with Crippen molar-refractivity contribution in [3.63, 3.8) is 0 Å². The van der Waals surface area contributed by atoms with E-state index < -0.39 is 0 Å². The van der Waals surface area contributed by atoms with Gasteiger partial charge in [0.1, 0.15) is 0 Å². The van der Waals surface area contributed by atoms with Crippen LogP contribution in [-0.2, 0) is 4.74 Å². The molecule has 0 aromatic rings. The van der Waals surface area contributed by atoms with E-state index in [1.165, 1.54) is 25.7 Å². The standard InChI is InChI=1S/C11H24BrNO/c1-11(7-10-14-2)13-9-6-4-3-5-8-12/h11,13H,3-10H2,1-2H3. The maximum absolute atomic E-state index is 5.03. The van der Waals surface area contributed by atoms with Crippen molar-refractivity contribution in [2.75, 3.05) is 25.6 Å². The van der Waals surface area contributed by atoms with E-state index >= 15 is 0 Å². The van der Waals surface area contributed by atoms with Crippen LogP contribution in [0.4, 0.5) is 0 Å². The Labute approximate surface area is 96.9 Å². The van der Waals surface area contributed by atoms with Crippen molar-refractivity contribution in [1.82, 2.24) is 5.32 Å². The fourth-order valence-electron chi connectivity index (χ4n) is 1.32. The smallest absolute Gasteiger partial charge is 0.0476 e. The van der Waals surface area contributed by atoms with E-state index in [9.17, 15) is 0 Å². The first-order chi connectivity index (χ1) is 6.81. The summed E-state index contributed by atoms with van der Waals surface area (Å²) < 4.78 is 5.03. The maximum Gasteiger partial charge on any atom is 0.0476 e. The van der Waals surface area contributed by atoms with Gasteiger partial charge in [0.25, 0.3) is 0 Å². The van der Waals surface area contributed by atoms with Gasteiger partial charge in [-0.3, -0.25) is 0 Å². The molecule has 2 nitrogen and oxygen atoms in total. The molecular weight excluding hydrogens is 242 g/mol. The molecule has 0 bridgehead atoms. The number of unbranched alkanes of at least 4 members (excludes halogenated alkanes) is 3. The van der Waals surface area contributed by atoms with Crippen LogP contribution in [0, 0.1) is 0 Å². The third-order valence-corrected chi connectivity index (χ3v) is 2.87. The number of rotatable bonds is 10. The molecule has 0 heterocycles. The Bertz CT molecular complexity index is 111. The van der Waals surface area contributed by atoms with E-state index in [-0.39, 0.29) is 0 Å². The molecule has 0 aromatic carbocycles. The molecule has 0 radical (unpaired) electrons. The van der Waals surface area contributed by atoms with Crippen LogP contribution < -0.4 is 5.32 Å². The predicted octanol–water partition coefficient (Wildman–Crippen LogP) is 2.96. The number of hydrogen-bond donors (Lipinski definition) is 1. The minimum Gasteiger partial charge on any atom is -0.385 e. The SMILES string of the molecule is COCCC(C)NCCCCCCBr. The van der Waals surface area contributed by atoms with E-state index in [2.05, 4.69) is 28.2 Å². The van der Waals surface area contributed by atoms with Crippen LogP contribution in [0.3, 0.4) is 0 Å². The number of ether oxygens (including phenoxy) is 1. The van der Waals surface area contributed by atoms with E-state index in [0.29, 0.717) is 6.04 Å². The Morgan fingerprint density at radius 1 is 1.21 bits per heavy atom. The molecule has 0 aliphatic heterocycles. The van der Waals surface area contributed by atoms with Crippen LogP contribution in [0.2, 0.25) is 0 Å². The summed E-state index contributed by atoms with van der Waals surface area (Å²) in [5.41, 5.74) is 0. The fourth-order valence-corrected chi connectivity index (χ4v) is 1.71. The number of nitrogens with one attached hydrogen (secondary N) is 1. The molecular formula is C11H24BrNO. The molecule has 0 saturated heterocycles. The molecule has 0 spiro atoms. The van der Waals surface area contributed by atoms with Gasteiger partial charge >= 0.3 is 0 Å². The zero-order valence-electron chi connectivity index (χ0n) is 9.52. The molecule has 1 atom stereocenters. The summed E-state index contributed by atoms with van der Waals surface area (Å²) in [4.78, 5) is 0. The van der Waals surface area contributed by atoms with Gasteiger partial charge in [-0.2, -0.15) is 0 Å². The zero-order valence-corrected chi connectivity index (χ0v) is 11.1. The van der Waals surface area contributed by atoms with Gasteiger partial charge in [-0.1, -0.05) is 28.8 Å². The molecule has 0 aromatic heterocycles. The first kappa shape index (κ1) is 14.4. The Morgan fingerprint density at radius 3 is 2.57 bits per heavy atom. The van der Waals surface area contributed by atoms with Crippen molar-refractivity contribution in [2.45, 2.75) is 45.1 Å². The molecule has 0 amide bonds. The highest BCUT2D eigenvalue weighted by Crippen LogP contribution is 2.01. The van der Waals surface area contributed by atoms with E-state index in [1.54, 1.807) is 7.11 Å². The molecule has 86 valence electrons. The average Bonchev–Trinajstić information content (AvgIpc) is 2.20. The highest BCUT2D eigenvalue weighted by atomic mass is 79.9. The number of hydrogen-bond acceptors (Lipinski definition) is 2. The summed E-state index contributed by atoms with van der Waals surface area (Å²) >= 11 is 3.44. The molecule has 0 aliphatic carbocycles. The van der Waals surface area contributed by atoms with Gasteiger partial charge in [-0.15, -0.1) is 0 Å². The highest BCUT2D eigenvalue weighted by molar-refractivity contribution is 9.09. The fraction of sp³-hybridized carbons (Fsp3) is 1.00. The summed E-state index contributed by atoms with van der Waals surface area (Å²) in [7, 11) is 1.76. The van der Waals surface area contributed by atoms with Gasteiger partial charge in [0, 0.05) is 25.1 Å². The van der Waals surface area contributed by atoms with Crippen LogP contribution in [0.15, 0.2) is 0 Å². The Hall–Kier alpha value is 0.400. The topological polar surface area (TPSA) is 21.3 Å². The van der Waals surface area contributed by atoms with Gasteiger partial charge in [0.05, 0.1) is 0 Å². The second-order valence-corrected chi connectivity index (χ2v) is 4.53. The normalized spacial score (nSPS) is 13.1. The third-order valence-electron chi connectivity index (χ3n) is 2.31. The van der Waals surface area contributed by atoms with Crippen LogP contribution in [0.5, 0.6) is 0 Å². The van der Waals surface area contributed by atoms with Crippen molar-refractivity contribution >= 4 is 15.9 Å². The summed E-state index contributed by atoms with van der Waals surface area (Å²) in [6.07, 6.45) is 6.40. The largest absolute Gasteiger partial charge is 0.385 e. The maximum atomic E-state index is 5.03. The lowest BCUT2D eigenvalue weighted by Gasteiger charge is -2.12. The molecule has 1 N–H and O–H groups in total. The van der Waals surface area contributed by atoms with Crippen molar-refractivity contribution in [1.29, 1.82) is 0 Å². The third kappa shape index (κ3) is 10.5. The highest BCUT2D eigenvalue weighted by Gasteiger charge is 1.99. The van der Waals surface area contributed by atoms with Crippen LogP contribution in [0.1, 0.15) is 39.0 Å². The number of methoxy groups -OCH3 is 1. The van der Waals surface area contributed by atoms with Crippen molar-refractivity contribution in [3.05, 3.63) is 0 Å². The van der Waals surface area contributed by atoms with E-state index in [1.807, 2.05) is 0 Å². The van der Waals surface area contributed by atoms with Crippen molar-refractivity contribution in [3.8, 4) is 0 Å². The zero-order chi connectivity index (χ0) is 10.6. The van der Waals surface area contributed by atoms with Gasteiger partial charge < -0.3 is 10.1 Å². The predicted molar refractivity (Wildman–Crippen MR) is 66.2 cm³/mol. The first-order valence-corrected chi connectivity index (χ1v) is 6.71. The quantitative estimate of drug-likeness (QED) is 0.485. The second kappa shape index (κ2) is 11.5. The average molecular weight is 266 g/mol. The summed E-state index contributed by atoms with van der Waals surface area (Å²) in [6.45, 7) is 4.22. The summed E-state index contributed by atoms with van der Waals surface area (Å²) in [5, 5.41) is 4.65. The van der Waals surface area contributed by atoms with Gasteiger partial charge in [-0.05, 0) is 32.7 Å². The lowest BCUT2D eigenvalue weighted by molar-refractivity contribution is 0.185. The molecule has 1 unspecified atom stereocenters. The van der Waals surface area contributed by atoms with Crippen molar-refractivity contribution in [2.24, 2.45) is 0 Å².